The molecule has 2 saturated heterocycles. The Morgan fingerprint density at radius 2 is 1.59 bits per heavy atom. The van der Waals surface area contributed by atoms with Crippen LogP contribution >= 0.6 is 11.3 Å². The molecule has 3 aromatic rings. The van der Waals surface area contributed by atoms with Crippen LogP contribution in [-0.2, 0) is 13.5 Å². The van der Waals surface area contributed by atoms with Crippen molar-refractivity contribution in [3.63, 3.8) is 0 Å². The number of aromatic nitrogens is 4. The third-order valence-electron chi connectivity index (χ3n) is 6.75. The molecule has 5 heterocycles. The van der Waals surface area contributed by atoms with Crippen molar-refractivity contribution in [1.82, 2.24) is 34.4 Å². The van der Waals surface area contributed by atoms with E-state index in [0.717, 1.165) is 61.9 Å². The lowest BCUT2D eigenvalue weighted by molar-refractivity contribution is 0.181. The standard InChI is InChI=1S/C19H27N7S.C6H14N2.C2H6/c1-3-8-25-9-11-26(12-10-25)19-22-17(16-14-21-24(2)18(16)23-19)20-7-6-15-5-4-13-27-15;1-7-3-5-8(2)6-4-7;1-2/h4-5,13-14H,3,6-12H2,1-2H3,(H,20,22,23);3-6H2,1-2H3;1-2H3. The first kappa shape index (κ1) is 29.3. The molecule has 9 nitrogen and oxygen atoms in total. The van der Waals surface area contributed by atoms with Crippen molar-refractivity contribution >= 4 is 34.1 Å². The van der Waals surface area contributed by atoms with Crippen LogP contribution in [0.2, 0.25) is 0 Å². The summed E-state index contributed by atoms with van der Waals surface area (Å²) in [6.45, 7) is 17.3. The van der Waals surface area contributed by atoms with Crippen LogP contribution in [0.1, 0.15) is 32.1 Å². The molecule has 0 saturated carbocycles. The van der Waals surface area contributed by atoms with Crippen molar-refractivity contribution in [3.8, 4) is 0 Å². The minimum absolute atomic E-state index is 0.806. The predicted molar refractivity (Wildman–Crippen MR) is 158 cm³/mol. The highest BCUT2D eigenvalue weighted by Crippen LogP contribution is 2.24. The minimum Gasteiger partial charge on any atom is -0.369 e. The van der Waals surface area contributed by atoms with Gasteiger partial charge in [-0.2, -0.15) is 15.1 Å². The van der Waals surface area contributed by atoms with Gasteiger partial charge in [0.15, 0.2) is 5.65 Å². The van der Waals surface area contributed by atoms with Crippen LogP contribution in [0.15, 0.2) is 23.7 Å². The molecule has 0 spiro atoms. The minimum atomic E-state index is 0.806. The average molecular weight is 530 g/mol. The second kappa shape index (κ2) is 15.2. The van der Waals surface area contributed by atoms with Gasteiger partial charge in [-0.15, -0.1) is 11.3 Å². The highest BCUT2D eigenvalue weighted by atomic mass is 32.1. The van der Waals surface area contributed by atoms with Gasteiger partial charge in [0.05, 0.1) is 11.6 Å². The molecule has 0 atom stereocenters. The normalized spacial score (nSPS) is 17.2. The fraction of sp³-hybridized carbons (Fsp3) is 0.667. The summed E-state index contributed by atoms with van der Waals surface area (Å²) >= 11 is 1.79. The van der Waals surface area contributed by atoms with Gasteiger partial charge in [0.25, 0.3) is 0 Å². The molecular weight excluding hydrogens is 482 g/mol. The van der Waals surface area contributed by atoms with Crippen LogP contribution in [0.25, 0.3) is 11.0 Å². The van der Waals surface area contributed by atoms with Crippen LogP contribution in [0.3, 0.4) is 0 Å². The average Bonchev–Trinajstić information content (AvgIpc) is 3.58. The van der Waals surface area contributed by atoms with Gasteiger partial charge in [-0.05, 0) is 44.9 Å². The fourth-order valence-corrected chi connectivity index (χ4v) is 5.15. The maximum absolute atomic E-state index is 4.86. The van der Waals surface area contributed by atoms with E-state index in [1.807, 2.05) is 31.8 Å². The molecule has 0 aromatic carbocycles. The number of thiophene rings is 1. The number of nitrogens with zero attached hydrogens (tertiary/aromatic N) is 8. The van der Waals surface area contributed by atoms with E-state index in [-0.39, 0.29) is 0 Å². The molecular formula is C27H47N9S. The number of hydrogen-bond acceptors (Lipinski definition) is 9. The van der Waals surface area contributed by atoms with E-state index in [1.165, 1.54) is 44.0 Å². The van der Waals surface area contributed by atoms with E-state index in [2.05, 4.69) is 68.5 Å². The molecule has 0 amide bonds. The summed E-state index contributed by atoms with van der Waals surface area (Å²) in [6, 6.07) is 4.27. The Labute approximate surface area is 227 Å². The van der Waals surface area contributed by atoms with Gasteiger partial charge in [-0.1, -0.05) is 26.8 Å². The van der Waals surface area contributed by atoms with Crippen LogP contribution in [0.5, 0.6) is 0 Å². The lowest BCUT2D eigenvalue weighted by Crippen LogP contribution is -2.47. The van der Waals surface area contributed by atoms with Gasteiger partial charge in [0.2, 0.25) is 5.95 Å². The zero-order chi connectivity index (χ0) is 26.6. The van der Waals surface area contributed by atoms with E-state index < -0.39 is 0 Å². The predicted octanol–water partition coefficient (Wildman–Crippen LogP) is 3.50. The van der Waals surface area contributed by atoms with Gasteiger partial charge in [0, 0.05) is 70.8 Å². The van der Waals surface area contributed by atoms with E-state index in [9.17, 15) is 0 Å². The SMILES string of the molecule is CC.CCCN1CCN(c2nc(NCCc3cccs3)c3cnn(C)c3n2)CC1.CN1CCN(C)CC1. The number of anilines is 2. The smallest absolute Gasteiger partial charge is 0.229 e. The number of likely N-dealkylation sites (N-methyl/N-ethyl adjacent to an activating group) is 2. The molecule has 0 bridgehead atoms. The first-order valence-corrected chi connectivity index (χ1v) is 14.7. The van der Waals surface area contributed by atoms with E-state index >= 15 is 0 Å². The van der Waals surface area contributed by atoms with Crippen molar-refractivity contribution in [2.45, 2.75) is 33.6 Å². The molecule has 37 heavy (non-hydrogen) atoms. The maximum atomic E-state index is 4.86. The van der Waals surface area contributed by atoms with Crippen molar-refractivity contribution in [3.05, 3.63) is 28.6 Å². The van der Waals surface area contributed by atoms with Crippen LogP contribution in [0, 0.1) is 0 Å². The molecule has 2 fully saturated rings. The van der Waals surface area contributed by atoms with Gasteiger partial charge < -0.3 is 20.0 Å². The molecule has 0 aliphatic carbocycles. The van der Waals surface area contributed by atoms with Gasteiger partial charge in [-0.25, -0.2) is 0 Å². The topological polar surface area (TPSA) is 68.6 Å². The molecule has 1 N–H and O–H groups in total. The number of piperazine rings is 2. The molecule has 206 valence electrons. The first-order valence-electron chi connectivity index (χ1n) is 13.8. The van der Waals surface area contributed by atoms with Crippen molar-refractivity contribution < 1.29 is 0 Å². The third kappa shape index (κ3) is 8.63. The van der Waals surface area contributed by atoms with Crippen LogP contribution in [-0.4, -0.2) is 114 Å². The third-order valence-corrected chi connectivity index (χ3v) is 7.68. The van der Waals surface area contributed by atoms with Crippen molar-refractivity contribution in [2.75, 3.05) is 89.8 Å². The summed E-state index contributed by atoms with van der Waals surface area (Å²) in [5.41, 5.74) is 0.884. The van der Waals surface area contributed by atoms with Crippen molar-refractivity contribution in [1.29, 1.82) is 0 Å². The fourth-order valence-electron chi connectivity index (χ4n) is 4.44. The first-order chi connectivity index (χ1) is 18.0. The van der Waals surface area contributed by atoms with Gasteiger partial charge >= 0.3 is 0 Å². The van der Waals surface area contributed by atoms with E-state index in [0.29, 0.717) is 0 Å². The zero-order valence-corrected chi connectivity index (χ0v) is 24.6. The summed E-state index contributed by atoms with van der Waals surface area (Å²) in [5, 5.41) is 11.0. The summed E-state index contributed by atoms with van der Waals surface area (Å²) < 4.78 is 1.83. The molecule has 2 aliphatic heterocycles. The number of aryl methyl sites for hydroxylation is 1. The summed E-state index contributed by atoms with van der Waals surface area (Å²) in [5.74, 6) is 1.69. The molecule has 5 rings (SSSR count). The maximum Gasteiger partial charge on any atom is 0.229 e. The number of nitrogens with one attached hydrogen (secondary N) is 1. The quantitative estimate of drug-likeness (QED) is 0.499. The van der Waals surface area contributed by atoms with Gasteiger partial charge in [-0.3, -0.25) is 9.58 Å². The number of hydrogen-bond donors (Lipinski definition) is 1. The Morgan fingerprint density at radius 3 is 2.19 bits per heavy atom. The van der Waals surface area contributed by atoms with Crippen molar-refractivity contribution in [2.24, 2.45) is 7.05 Å². The Bertz CT molecular complexity index is 1010. The molecule has 0 radical (unpaired) electrons. The number of rotatable bonds is 7. The second-order valence-corrected chi connectivity index (χ2v) is 10.6. The Balaban J connectivity index is 0.000000322. The Kier molecular flexibility index (Phi) is 12.0. The second-order valence-electron chi connectivity index (χ2n) is 9.57. The van der Waals surface area contributed by atoms with E-state index in [4.69, 9.17) is 9.97 Å². The monoisotopic (exact) mass is 529 g/mol. The zero-order valence-electron chi connectivity index (χ0n) is 23.8. The number of fused-ring (bicyclic) bond motifs is 1. The summed E-state index contributed by atoms with van der Waals surface area (Å²) in [4.78, 5) is 20.6. The van der Waals surface area contributed by atoms with Crippen LogP contribution in [0.4, 0.5) is 11.8 Å². The molecule has 3 aromatic heterocycles. The Morgan fingerprint density at radius 1 is 0.919 bits per heavy atom. The summed E-state index contributed by atoms with van der Waals surface area (Å²) in [6.07, 6.45) is 4.05. The molecule has 2 aliphatic rings. The highest BCUT2D eigenvalue weighted by molar-refractivity contribution is 7.09. The molecule has 0 unspecified atom stereocenters. The molecule has 10 heteroatoms. The van der Waals surface area contributed by atoms with E-state index in [1.54, 1.807) is 11.3 Å². The highest BCUT2D eigenvalue weighted by Gasteiger charge is 2.21. The van der Waals surface area contributed by atoms with Crippen LogP contribution < -0.4 is 10.2 Å². The largest absolute Gasteiger partial charge is 0.369 e. The van der Waals surface area contributed by atoms with Gasteiger partial charge in [0.1, 0.15) is 5.82 Å². The summed E-state index contributed by atoms with van der Waals surface area (Å²) in [7, 11) is 6.29. The lowest BCUT2D eigenvalue weighted by Gasteiger charge is -2.34. The lowest BCUT2D eigenvalue weighted by atomic mass is 10.3. The Hall–Kier alpha value is -2.27.